The molecule has 1 saturated carbocycles. The highest BCUT2D eigenvalue weighted by Gasteiger charge is 2.27. The SMILES string of the molecule is CCC1CC(O)CC1C. The summed E-state index contributed by atoms with van der Waals surface area (Å²) in [5.74, 6) is 1.55. The molecule has 0 aliphatic heterocycles. The number of rotatable bonds is 1. The van der Waals surface area contributed by atoms with E-state index >= 15 is 0 Å². The Hall–Kier alpha value is -0.0400. The van der Waals surface area contributed by atoms with Gasteiger partial charge in [0.1, 0.15) is 0 Å². The molecule has 1 aliphatic carbocycles. The number of aliphatic hydroxyl groups is 1. The molecule has 1 heteroatoms. The molecule has 1 N–H and O–H groups in total. The summed E-state index contributed by atoms with van der Waals surface area (Å²) in [7, 11) is 0. The van der Waals surface area contributed by atoms with Gasteiger partial charge >= 0.3 is 0 Å². The van der Waals surface area contributed by atoms with E-state index in [1.807, 2.05) is 0 Å². The van der Waals surface area contributed by atoms with Crippen molar-refractivity contribution in [3.05, 3.63) is 0 Å². The van der Waals surface area contributed by atoms with Gasteiger partial charge in [0.05, 0.1) is 6.10 Å². The maximum atomic E-state index is 9.20. The molecule has 0 spiro atoms. The van der Waals surface area contributed by atoms with Crippen LogP contribution >= 0.6 is 0 Å². The average Bonchev–Trinajstić information content (AvgIpc) is 2.10. The average molecular weight is 128 g/mol. The molecule has 0 amide bonds. The van der Waals surface area contributed by atoms with Gasteiger partial charge in [-0.15, -0.1) is 0 Å². The van der Waals surface area contributed by atoms with Crippen LogP contribution in [0.1, 0.15) is 33.1 Å². The van der Waals surface area contributed by atoms with Crippen LogP contribution in [-0.2, 0) is 0 Å². The molecule has 9 heavy (non-hydrogen) atoms. The first-order valence-electron chi connectivity index (χ1n) is 3.92. The van der Waals surface area contributed by atoms with Gasteiger partial charge in [0.25, 0.3) is 0 Å². The van der Waals surface area contributed by atoms with Crippen molar-refractivity contribution in [1.82, 2.24) is 0 Å². The van der Waals surface area contributed by atoms with E-state index in [9.17, 15) is 5.11 Å². The third-order valence-corrected chi connectivity index (χ3v) is 2.55. The van der Waals surface area contributed by atoms with Gasteiger partial charge in [0.15, 0.2) is 0 Å². The van der Waals surface area contributed by atoms with Crippen LogP contribution in [-0.4, -0.2) is 11.2 Å². The third kappa shape index (κ3) is 1.45. The zero-order valence-electron chi connectivity index (χ0n) is 6.30. The first kappa shape index (κ1) is 7.07. The minimum Gasteiger partial charge on any atom is -0.393 e. The molecule has 1 nitrogen and oxygen atoms in total. The summed E-state index contributed by atoms with van der Waals surface area (Å²) in [5.41, 5.74) is 0. The fraction of sp³-hybridized carbons (Fsp3) is 1.00. The molecule has 0 radical (unpaired) electrons. The van der Waals surface area contributed by atoms with Gasteiger partial charge in [-0.3, -0.25) is 0 Å². The molecule has 3 atom stereocenters. The summed E-state index contributed by atoms with van der Waals surface area (Å²) in [4.78, 5) is 0. The normalized spacial score (nSPS) is 43.7. The Morgan fingerprint density at radius 2 is 2.11 bits per heavy atom. The molecule has 1 rings (SSSR count). The second-order valence-electron chi connectivity index (χ2n) is 3.27. The fourth-order valence-corrected chi connectivity index (χ4v) is 1.87. The summed E-state index contributed by atoms with van der Waals surface area (Å²) in [6.45, 7) is 4.45. The van der Waals surface area contributed by atoms with Crippen LogP contribution in [0, 0.1) is 11.8 Å². The summed E-state index contributed by atoms with van der Waals surface area (Å²) in [6, 6.07) is 0. The van der Waals surface area contributed by atoms with Crippen LogP contribution in [0.3, 0.4) is 0 Å². The van der Waals surface area contributed by atoms with E-state index in [1.54, 1.807) is 0 Å². The minimum atomic E-state index is 0.00458. The third-order valence-electron chi connectivity index (χ3n) is 2.55. The van der Waals surface area contributed by atoms with E-state index in [4.69, 9.17) is 0 Å². The Morgan fingerprint density at radius 3 is 2.33 bits per heavy atom. The molecule has 0 aromatic rings. The van der Waals surface area contributed by atoms with Gasteiger partial charge in [0.2, 0.25) is 0 Å². The standard InChI is InChI=1S/C8H16O/c1-3-7-5-8(9)4-6(7)2/h6-9H,3-5H2,1-2H3. The van der Waals surface area contributed by atoms with E-state index in [2.05, 4.69) is 13.8 Å². The van der Waals surface area contributed by atoms with Crippen molar-refractivity contribution < 1.29 is 5.11 Å². The van der Waals surface area contributed by atoms with Gasteiger partial charge in [-0.05, 0) is 24.7 Å². The van der Waals surface area contributed by atoms with E-state index in [0.29, 0.717) is 0 Å². The quantitative estimate of drug-likeness (QED) is 0.571. The van der Waals surface area contributed by atoms with Gasteiger partial charge in [-0.1, -0.05) is 20.3 Å². The predicted molar refractivity (Wildman–Crippen MR) is 38.2 cm³/mol. The Morgan fingerprint density at radius 1 is 1.44 bits per heavy atom. The Balaban J connectivity index is 2.38. The van der Waals surface area contributed by atoms with E-state index in [0.717, 1.165) is 24.7 Å². The molecular formula is C8H16O. The molecule has 1 fully saturated rings. The van der Waals surface area contributed by atoms with Gasteiger partial charge in [0, 0.05) is 0 Å². The lowest BCUT2D eigenvalue weighted by atomic mass is 9.96. The number of aliphatic hydroxyl groups excluding tert-OH is 1. The minimum absolute atomic E-state index is 0.00458. The van der Waals surface area contributed by atoms with Crippen LogP contribution in [0.4, 0.5) is 0 Å². The molecule has 0 saturated heterocycles. The second-order valence-corrected chi connectivity index (χ2v) is 3.27. The van der Waals surface area contributed by atoms with Gasteiger partial charge < -0.3 is 5.11 Å². The highest BCUT2D eigenvalue weighted by atomic mass is 16.3. The van der Waals surface area contributed by atoms with Crippen LogP contribution in [0.2, 0.25) is 0 Å². The second kappa shape index (κ2) is 2.70. The predicted octanol–water partition coefficient (Wildman–Crippen LogP) is 1.80. The van der Waals surface area contributed by atoms with E-state index in [-0.39, 0.29) is 6.10 Å². The maximum absolute atomic E-state index is 9.20. The molecule has 3 unspecified atom stereocenters. The summed E-state index contributed by atoms with van der Waals surface area (Å²) in [6.07, 6.45) is 3.30. The van der Waals surface area contributed by atoms with Crippen molar-refractivity contribution in [3.8, 4) is 0 Å². The molecular weight excluding hydrogens is 112 g/mol. The Kier molecular flexibility index (Phi) is 2.12. The Bertz CT molecular complexity index is 90.6. The molecule has 0 aromatic heterocycles. The highest BCUT2D eigenvalue weighted by Crippen LogP contribution is 2.33. The molecule has 0 aromatic carbocycles. The highest BCUT2D eigenvalue weighted by molar-refractivity contribution is 4.79. The van der Waals surface area contributed by atoms with Gasteiger partial charge in [-0.25, -0.2) is 0 Å². The number of hydrogen-bond acceptors (Lipinski definition) is 1. The van der Waals surface area contributed by atoms with Crippen molar-refractivity contribution in [3.63, 3.8) is 0 Å². The van der Waals surface area contributed by atoms with Crippen LogP contribution < -0.4 is 0 Å². The summed E-state index contributed by atoms with van der Waals surface area (Å²) in [5, 5.41) is 9.20. The van der Waals surface area contributed by atoms with Crippen molar-refractivity contribution in [2.24, 2.45) is 11.8 Å². The van der Waals surface area contributed by atoms with Crippen LogP contribution in [0.5, 0.6) is 0 Å². The first-order chi connectivity index (χ1) is 4.24. The van der Waals surface area contributed by atoms with Crippen molar-refractivity contribution in [2.45, 2.75) is 39.2 Å². The smallest absolute Gasteiger partial charge is 0.0545 e. The summed E-state index contributed by atoms with van der Waals surface area (Å²) < 4.78 is 0. The lowest BCUT2D eigenvalue weighted by molar-refractivity contribution is 0.175. The number of hydrogen-bond donors (Lipinski definition) is 1. The fourth-order valence-electron chi connectivity index (χ4n) is 1.87. The van der Waals surface area contributed by atoms with Crippen molar-refractivity contribution in [2.75, 3.05) is 0 Å². The largest absolute Gasteiger partial charge is 0.393 e. The lowest BCUT2D eigenvalue weighted by Crippen LogP contribution is -2.00. The maximum Gasteiger partial charge on any atom is 0.0545 e. The van der Waals surface area contributed by atoms with Crippen molar-refractivity contribution in [1.29, 1.82) is 0 Å². The van der Waals surface area contributed by atoms with Crippen molar-refractivity contribution >= 4 is 0 Å². The monoisotopic (exact) mass is 128 g/mol. The molecule has 0 bridgehead atoms. The lowest BCUT2D eigenvalue weighted by Gasteiger charge is -2.09. The zero-order chi connectivity index (χ0) is 6.85. The zero-order valence-corrected chi connectivity index (χ0v) is 6.30. The first-order valence-corrected chi connectivity index (χ1v) is 3.92. The molecule has 54 valence electrons. The van der Waals surface area contributed by atoms with Gasteiger partial charge in [-0.2, -0.15) is 0 Å². The van der Waals surface area contributed by atoms with Crippen LogP contribution in [0.15, 0.2) is 0 Å². The Labute approximate surface area is 57.1 Å². The summed E-state index contributed by atoms with van der Waals surface area (Å²) >= 11 is 0. The molecule has 0 heterocycles. The topological polar surface area (TPSA) is 20.2 Å². The van der Waals surface area contributed by atoms with E-state index < -0.39 is 0 Å². The van der Waals surface area contributed by atoms with E-state index in [1.165, 1.54) is 6.42 Å². The van der Waals surface area contributed by atoms with Crippen LogP contribution in [0.25, 0.3) is 0 Å². The molecule has 1 aliphatic rings.